The molecule has 1 saturated heterocycles. The maximum atomic E-state index is 10.2. The molecule has 3 aliphatic rings. The number of phenolic OH excluding ortho intramolecular Hbond substituents is 3. The average molecular weight is 275 g/mol. The summed E-state index contributed by atoms with van der Waals surface area (Å²) in [5.74, 6) is -0.0673. The maximum absolute atomic E-state index is 10.2. The second kappa shape index (κ2) is 4.04. The molecule has 1 aliphatic heterocycles. The number of phenols is 3. The Hall–Kier alpha value is -1.42. The molecule has 3 unspecified atom stereocenters. The van der Waals surface area contributed by atoms with Crippen molar-refractivity contribution in [3.05, 3.63) is 17.2 Å². The molecule has 0 radical (unpaired) electrons. The van der Waals surface area contributed by atoms with E-state index in [1.54, 1.807) is 6.07 Å². The van der Waals surface area contributed by atoms with Crippen LogP contribution < -0.4 is 5.32 Å². The lowest BCUT2D eigenvalue weighted by Crippen LogP contribution is -2.59. The molecule has 1 aromatic rings. The van der Waals surface area contributed by atoms with E-state index in [4.69, 9.17) is 0 Å². The zero-order valence-corrected chi connectivity index (χ0v) is 11.5. The summed E-state index contributed by atoms with van der Waals surface area (Å²) < 4.78 is 0. The van der Waals surface area contributed by atoms with E-state index in [0.717, 1.165) is 36.9 Å². The molecule has 3 atom stereocenters. The molecule has 108 valence electrons. The molecule has 1 heterocycles. The summed E-state index contributed by atoms with van der Waals surface area (Å²) in [6.07, 6.45) is 6.65. The van der Waals surface area contributed by atoms with Crippen LogP contribution in [0.4, 0.5) is 0 Å². The minimum absolute atomic E-state index is 0.0877. The predicted molar refractivity (Wildman–Crippen MR) is 75.2 cm³/mol. The molecule has 0 aromatic heterocycles. The van der Waals surface area contributed by atoms with Crippen LogP contribution >= 0.6 is 0 Å². The van der Waals surface area contributed by atoms with Crippen molar-refractivity contribution in [2.24, 2.45) is 5.92 Å². The van der Waals surface area contributed by atoms with E-state index in [1.165, 1.54) is 19.3 Å². The Morgan fingerprint density at radius 1 is 1.10 bits per heavy atom. The van der Waals surface area contributed by atoms with Crippen LogP contribution in [0.15, 0.2) is 6.07 Å². The number of piperidine rings is 1. The Balaban J connectivity index is 1.96. The summed E-state index contributed by atoms with van der Waals surface area (Å²) in [6, 6.07) is 2.11. The van der Waals surface area contributed by atoms with E-state index in [0.29, 0.717) is 12.0 Å². The molecule has 4 N–H and O–H groups in total. The fourth-order valence-electron chi connectivity index (χ4n) is 5.02. The number of nitrogens with one attached hydrogen (secondary N) is 1. The van der Waals surface area contributed by atoms with Gasteiger partial charge in [0.25, 0.3) is 0 Å². The normalized spacial score (nSPS) is 35.2. The van der Waals surface area contributed by atoms with Crippen LogP contribution in [0.5, 0.6) is 17.2 Å². The van der Waals surface area contributed by atoms with Crippen LogP contribution in [-0.2, 0) is 11.8 Å². The predicted octanol–water partition coefficient (Wildman–Crippen LogP) is 2.15. The fraction of sp³-hybridized carbons (Fsp3) is 0.625. The van der Waals surface area contributed by atoms with E-state index in [-0.39, 0.29) is 22.7 Å². The van der Waals surface area contributed by atoms with Crippen LogP contribution in [0.3, 0.4) is 0 Å². The Bertz CT molecular complexity index is 567. The number of hydrogen-bond donors (Lipinski definition) is 4. The van der Waals surface area contributed by atoms with Gasteiger partial charge in [0.15, 0.2) is 11.5 Å². The van der Waals surface area contributed by atoms with E-state index >= 15 is 0 Å². The van der Waals surface area contributed by atoms with Gasteiger partial charge in [-0.15, -0.1) is 0 Å². The molecule has 2 fully saturated rings. The smallest absolute Gasteiger partial charge is 0.200 e. The van der Waals surface area contributed by atoms with Crippen molar-refractivity contribution in [2.45, 2.75) is 50.0 Å². The van der Waals surface area contributed by atoms with Crippen molar-refractivity contribution < 1.29 is 15.3 Å². The Morgan fingerprint density at radius 2 is 1.95 bits per heavy atom. The molecule has 0 spiro atoms. The van der Waals surface area contributed by atoms with Crippen LogP contribution in [0.1, 0.15) is 43.2 Å². The van der Waals surface area contributed by atoms with Gasteiger partial charge in [0.05, 0.1) is 0 Å². The quantitative estimate of drug-likeness (QED) is 0.547. The number of hydrogen-bond acceptors (Lipinski definition) is 4. The van der Waals surface area contributed by atoms with Gasteiger partial charge >= 0.3 is 0 Å². The Kier molecular flexibility index (Phi) is 2.49. The molecule has 4 rings (SSSR count). The highest BCUT2D eigenvalue weighted by Gasteiger charge is 2.52. The lowest BCUT2D eigenvalue weighted by molar-refractivity contribution is 0.0783. The zero-order valence-electron chi connectivity index (χ0n) is 11.5. The molecule has 0 amide bonds. The summed E-state index contributed by atoms with van der Waals surface area (Å²) in [5, 5.41) is 33.5. The third-order valence-corrected chi connectivity index (χ3v) is 5.88. The highest BCUT2D eigenvalue weighted by atomic mass is 16.3. The molecular weight excluding hydrogens is 254 g/mol. The van der Waals surface area contributed by atoms with Gasteiger partial charge in [0.1, 0.15) is 0 Å². The van der Waals surface area contributed by atoms with E-state index in [1.807, 2.05) is 0 Å². The third kappa shape index (κ3) is 1.40. The first-order valence-electron chi connectivity index (χ1n) is 7.64. The first-order chi connectivity index (χ1) is 9.63. The standard InChI is InChI=1S/C16H21NO3/c18-13-8-11-9(14(19)15(13)20)7-12-10-3-1-2-4-16(10,11)5-6-17-12/h8,10,12,17-20H,1-7H2. The molecule has 20 heavy (non-hydrogen) atoms. The van der Waals surface area contributed by atoms with Gasteiger partial charge in [0, 0.05) is 17.0 Å². The van der Waals surface area contributed by atoms with Gasteiger partial charge in [-0.05, 0) is 49.8 Å². The van der Waals surface area contributed by atoms with Crippen molar-refractivity contribution in [1.29, 1.82) is 0 Å². The van der Waals surface area contributed by atoms with Crippen molar-refractivity contribution in [3.8, 4) is 17.2 Å². The Morgan fingerprint density at radius 3 is 2.80 bits per heavy atom. The minimum Gasteiger partial charge on any atom is -0.504 e. The number of fused-ring (bicyclic) bond motifs is 1. The second-order valence-corrected chi connectivity index (χ2v) is 6.64. The fourth-order valence-corrected chi connectivity index (χ4v) is 5.02. The third-order valence-electron chi connectivity index (χ3n) is 5.88. The van der Waals surface area contributed by atoms with Crippen LogP contribution in [0.2, 0.25) is 0 Å². The van der Waals surface area contributed by atoms with Crippen molar-refractivity contribution in [1.82, 2.24) is 5.32 Å². The molecule has 1 aromatic carbocycles. The summed E-state index contributed by atoms with van der Waals surface area (Å²) in [5.41, 5.74) is 2.02. The SMILES string of the molecule is Oc1cc2c(c(O)c1O)CC1NCCC23CCCCC13. The molecule has 2 bridgehead atoms. The summed E-state index contributed by atoms with van der Waals surface area (Å²) >= 11 is 0. The monoisotopic (exact) mass is 275 g/mol. The average Bonchev–Trinajstić information content (AvgIpc) is 2.46. The van der Waals surface area contributed by atoms with Crippen molar-refractivity contribution >= 4 is 0 Å². The van der Waals surface area contributed by atoms with Crippen LogP contribution in [0.25, 0.3) is 0 Å². The highest BCUT2D eigenvalue weighted by Crippen LogP contribution is 2.57. The van der Waals surface area contributed by atoms with E-state index in [2.05, 4.69) is 5.32 Å². The van der Waals surface area contributed by atoms with E-state index in [9.17, 15) is 15.3 Å². The maximum Gasteiger partial charge on any atom is 0.200 e. The van der Waals surface area contributed by atoms with Gasteiger partial charge in [0.2, 0.25) is 5.75 Å². The van der Waals surface area contributed by atoms with Crippen molar-refractivity contribution in [2.75, 3.05) is 6.54 Å². The molecular formula is C16H21NO3. The second-order valence-electron chi connectivity index (χ2n) is 6.64. The lowest BCUT2D eigenvalue weighted by Gasteiger charge is -2.56. The lowest BCUT2D eigenvalue weighted by atomic mass is 9.52. The molecule has 4 nitrogen and oxygen atoms in total. The van der Waals surface area contributed by atoms with Crippen molar-refractivity contribution in [3.63, 3.8) is 0 Å². The van der Waals surface area contributed by atoms with Gasteiger partial charge in [-0.3, -0.25) is 0 Å². The first kappa shape index (κ1) is 12.3. The number of rotatable bonds is 0. The molecule has 4 heteroatoms. The summed E-state index contributed by atoms with van der Waals surface area (Å²) in [6.45, 7) is 1.00. The zero-order chi connectivity index (χ0) is 13.9. The topological polar surface area (TPSA) is 72.7 Å². The van der Waals surface area contributed by atoms with E-state index < -0.39 is 0 Å². The summed E-state index contributed by atoms with van der Waals surface area (Å²) in [4.78, 5) is 0. The van der Waals surface area contributed by atoms with Gasteiger partial charge in [-0.25, -0.2) is 0 Å². The van der Waals surface area contributed by atoms with Crippen LogP contribution in [-0.4, -0.2) is 27.9 Å². The van der Waals surface area contributed by atoms with Gasteiger partial charge < -0.3 is 20.6 Å². The first-order valence-corrected chi connectivity index (χ1v) is 7.64. The Labute approximate surface area is 118 Å². The largest absolute Gasteiger partial charge is 0.504 e. The molecule has 2 aliphatic carbocycles. The number of benzene rings is 1. The minimum atomic E-state index is -0.368. The summed E-state index contributed by atoms with van der Waals surface area (Å²) in [7, 11) is 0. The van der Waals surface area contributed by atoms with Crippen LogP contribution in [0, 0.1) is 5.92 Å². The highest BCUT2D eigenvalue weighted by molar-refractivity contribution is 5.60. The van der Waals surface area contributed by atoms with Gasteiger partial charge in [-0.1, -0.05) is 12.8 Å². The van der Waals surface area contributed by atoms with Gasteiger partial charge in [-0.2, -0.15) is 0 Å². The molecule has 1 saturated carbocycles. The number of aromatic hydroxyl groups is 3.